The van der Waals surface area contributed by atoms with Crippen LogP contribution in [0.1, 0.15) is 0 Å². The van der Waals surface area contributed by atoms with Crippen molar-refractivity contribution in [1.29, 1.82) is 0 Å². The van der Waals surface area contributed by atoms with E-state index in [2.05, 4.69) is 15.0 Å². The highest BCUT2D eigenvalue weighted by Gasteiger charge is 2.17. The van der Waals surface area contributed by atoms with Gasteiger partial charge in [-0.25, -0.2) is 19.3 Å². The number of hydrogen-bond acceptors (Lipinski definition) is 7. The zero-order chi connectivity index (χ0) is 17.3. The molecule has 0 saturated carbocycles. The van der Waals surface area contributed by atoms with Crippen molar-refractivity contribution in [3.05, 3.63) is 30.2 Å². The normalized spacial score (nSPS) is 10.8. The third kappa shape index (κ3) is 2.80. The van der Waals surface area contributed by atoms with E-state index in [-0.39, 0.29) is 17.1 Å². The third-order valence-corrected chi connectivity index (χ3v) is 4.06. The van der Waals surface area contributed by atoms with E-state index in [1.54, 1.807) is 18.3 Å². The monoisotopic (exact) mass is 346 g/mol. The molecule has 124 valence electrons. The van der Waals surface area contributed by atoms with Crippen molar-refractivity contribution in [3.63, 3.8) is 0 Å². The number of hydrogen-bond donors (Lipinski definition) is 1. The van der Waals surface area contributed by atoms with Gasteiger partial charge >= 0.3 is 0 Å². The molecule has 2 aromatic heterocycles. The summed E-state index contributed by atoms with van der Waals surface area (Å²) in [5.74, 6) is 0.198. The highest BCUT2D eigenvalue weighted by molar-refractivity contribution is 7.98. The first-order valence-electron chi connectivity index (χ1n) is 6.96. The summed E-state index contributed by atoms with van der Waals surface area (Å²) < 4.78 is 24.9. The second-order valence-electron chi connectivity index (χ2n) is 4.88. The zero-order valence-corrected chi connectivity index (χ0v) is 14.1. The second kappa shape index (κ2) is 6.48. The molecule has 2 heterocycles. The fourth-order valence-corrected chi connectivity index (χ4v) is 2.65. The summed E-state index contributed by atoms with van der Waals surface area (Å²) in [5.41, 5.74) is 7.14. The van der Waals surface area contributed by atoms with Crippen LogP contribution in [-0.2, 0) is 0 Å². The lowest BCUT2D eigenvalue weighted by Gasteiger charge is -2.11. The molecule has 0 aliphatic heterocycles. The molecule has 0 spiro atoms. The number of halogens is 1. The molecular formula is C16H15FN4O2S. The maximum absolute atomic E-state index is 14.6. The summed E-state index contributed by atoms with van der Waals surface area (Å²) in [5, 5.41) is 1.27. The molecule has 8 heteroatoms. The van der Waals surface area contributed by atoms with Crippen molar-refractivity contribution in [2.45, 2.75) is 5.16 Å². The van der Waals surface area contributed by atoms with Crippen molar-refractivity contribution >= 4 is 28.5 Å². The van der Waals surface area contributed by atoms with Crippen LogP contribution in [-0.4, -0.2) is 35.4 Å². The predicted molar refractivity (Wildman–Crippen MR) is 92.0 cm³/mol. The van der Waals surface area contributed by atoms with Gasteiger partial charge in [0.25, 0.3) is 0 Å². The Balaban J connectivity index is 2.23. The largest absolute Gasteiger partial charge is 0.497 e. The van der Waals surface area contributed by atoms with Crippen LogP contribution in [0, 0.1) is 5.82 Å². The van der Waals surface area contributed by atoms with Gasteiger partial charge in [-0.15, -0.1) is 0 Å². The van der Waals surface area contributed by atoms with Crippen LogP contribution < -0.4 is 15.2 Å². The van der Waals surface area contributed by atoms with Gasteiger partial charge in [-0.3, -0.25) is 0 Å². The molecule has 0 unspecified atom stereocenters. The lowest BCUT2D eigenvalue weighted by Crippen LogP contribution is -2.00. The molecule has 2 N–H and O–H groups in total. The van der Waals surface area contributed by atoms with E-state index < -0.39 is 5.82 Å². The van der Waals surface area contributed by atoms with Crippen LogP contribution in [0.25, 0.3) is 22.2 Å². The van der Waals surface area contributed by atoms with E-state index in [0.717, 1.165) is 0 Å². The molecule has 3 aromatic rings. The molecule has 3 rings (SSSR count). The topological polar surface area (TPSA) is 83.2 Å². The number of thioether (sulfide) groups is 1. The molecule has 0 fully saturated rings. The van der Waals surface area contributed by atoms with Gasteiger partial charge in [0.05, 0.1) is 19.9 Å². The van der Waals surface area contributed by atoms with Gasteiger partial charge in [0.2, 0.25) is 0 Å². The Kier molecular flexibility index (Phi) is 4.39. The molecule has 0 radical (unpaired) electrons. The van der Waals surface area contributed by atoms with Crippen LogP contribution in [0.4, 0.5) is 10.2 Å². The van der Waals surface area contributed by atoms with Gasteiger partial charge in [-0.1, -0.05) is 11.8 Å². The first-order chi connectivity index (χ1) is 11.6. The van der Waals surface area contributed by atoms with Crippen molar-refractivity contribution in [2.75, 3.05) is 26.2 Å². The summed E-state index contributed by atoms with van der Waals surface area (Å²) in [6.07, 6.45) is 3.52. The van der Waals surface area contributed by atoms with E-state index in [1.807, 2.05) is 6.26 Å². The Bertz CT molecular complexity index is 920. The molecule has 0 amide bonds. The van der Waals surface area contributed by atoms with E-state index in [1.165, 1.54) is 32.0 Å². The average molecular weight is 346 g/mol. The number of methoxy groups -OCH3 is 2. The number of nitrogens with zero attached hydrogens (tertiary/aromatic N) is 3. The molecule has 0 bridgehead atoms. The Morgan fingerprint density at radius 3 is 2.58 bits per heavy atom. The first kappa shape index (κ1) is 16.3. The lowest BCUT2D eigenvalue weighted by atomic mass is 10.1. The second-order valence-corrected chi connectivity index (χ2v) is 5.65. The number of pyridine rings is 1. The SMILES string of the molecule is COc1cc(OC)c(F)c(-c2cc3cnc(SC)nc3c(N)n2)c1. The van der Waals surface area contributed by atoms with Crippen LogP contribution in [0.3, 0.4) is 0 Å². The molecule has 1 aromatic carbocycles. The van der Waals surface area contributed by atoms with Crippen molar-refractivity contribution in [1.82, 2.24) is 15.0 Å². The van der Waals surface area contributed by atoms with Crippen LogP contribution in [0.2, 0.25) is 0 Å². The maximum atomic E-state index is 14.6. The molecule has 6 nitrogen and oxygen atoms in total. The van der Waals surface area contributed by atoms with Gasteiger partial charge in [0, 0.05) is 23.2 Å². The number of rotatable bonds is 4. The predicted octanol–water partition coefficient (Wildman–Crippen LogP) is 3.15. The summed E-state index contributed by atoms with van der Waals surface area (Å²) >= 11 is 1.41. The lowest BCUT2D eigenvalue weighted by molar-refractivity contribution is 0.375. The van der Waals surface area contributed by atoms with Crippen LogP contribution in [0.15, 0.2) is 29.6 Å². The number of nitrogen functional groups attached to an aromatic ring is 1. The molecular weight excluding hydrogens is 331 g/mol. The van der Waals surface area contributed by atoms with E-state index in [4.69, 9.17) is 15.2 Å². The molecule has 0 saturated heterocycles. The fourth-order valence-electron chi connectivity index (χ4n) is 2.31. The van der Waals surface area contributed by atoms with E-state index in [9.17, 15) is 4.39 Å². The Hall–Kier alpha value is -2.61. The molecule has 0 aliphatic rings. The summed E-state index contributed by atoms with van der Waals surface area (Å²) in [4.78, 5) is 12.8. The average Bonchev–Trinajstić information content (AvgIpc) is 2.61. The summed E-state index contributed by atoms with van der Waals surface area (Å²) in [6, 6.07) is 4.70. The Labute approximate surface area is 142 Å². The number of aromatic nitrogens is 3. The smallest absolute Gasteiger partial charge is 0.187 e. The van der Waals surface area contributed by atoms with Gasteiger partial charge in [0.15, 0.2) is 22.5 Å². The minimum atomic E-state index is -0.536. The van der Waals surface area contributed by atoms with Crippen molar-refractivity contribution in [3.8, 4) is 22.8 Å². The summed E-state index contributed by atoms with van der Waals surface area (Å²) in [6.45, 7) is 0. The minimum Gasteiger partial charge on any atom is -0.497 e. The van der Waals surface area contributed by atoms with Gasteiger partial charge in [-0.05, 0) is 18.4 Å². The molecule has 0 aliphatic carbocycles. The quantitative estimate of drug-likeness (QED) is 0.574. The Morgan fingerprint density at radius 2 is 1.92 bits per heavy atom. The van der Waals surface area contributed by atoms with E-state index >= 15 is 0 Å². The number of ether oxygens (including phenoxy) is 2. The Morgan fingerprint density at radius 1 is 1.12 bits per heavy atom. The highest BCUT2D eigenvalue weighted by Crippen LogP contribution is 2.35. The van der Waals surface area contributed by atoms with Gasteiger partial charge < -0.3 is 15.2 Å². The van der Waals surface area contributed by atoms with Crippen molar-refractivity contribution in [2.24, 2.45) is 0 Å². The van der Waals surface area contributed by atoms with Crippen LogP contribution >= 0.6 is 11.8 Å². The van der Waals surface area contributed by atoms with Crippen molar-refractivity contribution < 1.29 is 13.9 Å². The number of anilines is 1. The third-order valence-electron chi connectivity index (χ3n) is 3.50. The van der Waals surface area contributed by atoms with E-state index in [0.29, 0.717) is 27.5 Å². The van der Waals surface area contributed by atoms with Gasteiger partial charge in [-0.2, -0.15) is 0 Å². The zero-order valence-electron chi connectivity index (χ0n) is 13.3. The highest BCUT2D eigenvalue weighted by atomic mass is 32.2. The number of nitrogens with two attached hydrogens (primary N) is 1. The number of fused-ring (bicyclic) bond motifs is 1. The van der Waals surface area contributed by atoms with Crippen LogP contribution in [0.5, 0.6) is 11.5 Å². The first-order valence-corrected chi connectivity index (χ1v) is 8.19. The van der Waals surface area contributed by atoms with Gasteiger partial charge in [0.1, 0.15) is 11.3 Å². The maximum Gasteiger partial charge on any atom is 0.187 e. The molecule has 24 heavy (non-hydrogen) atoms. The minimum absolute atomic E-state index is 0.0683. The molecule has 0 atom stereocenters. The standard InChI is InChI=1S/C16H15FN4O2S/c1-22-9-5-10(13(17)12(6-9)23-2)11-4-8-7-19-16(24-3)21-14(8)15(18)20-11/h4-7H,1-3H3,(H2,18,20). The fraction of sp³-hybridized carbons (Fsp3) is 0.188. The summed E-state index contributed by atoms with van der Waals surface area (Å²) in [7, 11) is 2.89. The number of benzene rings is 1.